The van der Waals surface area contributed by atoms with Crippen molar-refractivity contribution in [3.8, 4) is 0 Å². The molecule has 5 heteroatoms. The summed E-state index contributed by atoms with van der Waals surface area (Å²) in [5.41, 5.74) is 11.3. The van der Waals surface area contributed by atoms with Gasteiger partial charge in [0, 0.05) is 68.4 Å². The molecule has 3 aliphatic heterocycles. The standard InChI is InChI=1S/C28H35N5/c1-7-11-23(25(17-32(5)19(2)3)21-12-9-8-10-13-21)26-18-33(6)20(4)28-24(26)14-27(31-28)22-15-29-30-16-22/h7-13,15,17-19,22,27,30-31H,1,4,14,16H2,2-3,5-6H3/b23-11+,25-17-. The number of nitrogens with one attached hydrogen (secondary N) is 2. The summed E-state index contributed by atoms with van der Waals surface area (Å²) >= 11 is 0. The van der Waals surface area contributed by atoms with Crippen molar-refractivity contribution in [2.24, 2.45) is 11.0 Å². The van der Waals surface area contributed by atoms with Gasteiger partial charge in [0.25, 0.3) is 0 Å². The molecule has 0 saturated heterocycles. The Kier molecular flexibility index (Phi) is 6.59. The highest BCUT2D eigenvalue weighted by Crippen LogP contribution is 2.43. The van der Waals surface area contributed by atoms with E-state index in [1.165, 1.54) is 22.3 Å². The first kappa shape index (κ1) is 22.7. The molecule has 2 atom stereocenters. The Bertz CT molecular complexity index is 1070. The van der Waals surface area contributed by atoms with E-state index in [9.17, 15) is 0 Å². The van der Waals surface area contributed by atoms with Crippen LogP contribution < -0.4 is 10.7 Å². The van der Waals surface area contributed by atoms with Crippen LogP contribution in [-0.2, 0) is 0 Å². The molecule has 0 radical (unpaired) electrons. The predicted octanol–water partition coefficient (Wildman–Crippen LogP) is 4.64. The van der Waals surface area contributed by atoms with Crippen molar-refractivity contribution in [1.82, 2.24) is 20.5 Å². The fourth-order valence-corrected chi connectivity index (χ4v) is 4.48. The van der Waals surface area contributed by atoms with Crippen LogP contribution in [0.3, 0.4) is 0 Å². The molecule has 4 rings (SSSR count). The second kappa shape index (κ2) is 9.57. The Hall–Kier alpha value is -3.47. The predicted molar refractivity (Wildman–Crippen MR) is 139 cm³/mol. The Balaban J connectivity index is 1.80. The molecule has 0 spiro atoms. The summed E-state index contributed by atoms with van der Waals surface area (Å²) in [5.74, 6) is 0.359. The monoisotopic (exact) mass is 441 g/mol. The van der Waals surface area contributed by atoms with E-state index in [0.717, 1.165) is 29.9 Å². The van der Waals surface area contributed by atoms with Gasteiger partial charge in [-0.3, -0.25) is 0 Å². The molecule has 1 aromatic rings. The largest absolute Gasteiger partial charge is 0.379 e. The Morgan fingerprint density at radius 3 is 2.64 bits per heavy atom. The van der Waals surface area contributed by atoms with Gasteiger partial charge in [0.15, 0.2) is 0 Å². The average molecular weight is 442 g/mol. The van der Waals surface area contributed by atoms with Crippen LogP contribution in [0.5, 0.6) is 0 Å². The van der Waals surface area contributed by atoms with Gasteiger partial charge in [-0.05, 0) is 37.0 Å². The number of nitrogens with zero attached hydrogens (tertiary/aromatic N) is 3. The molecule has 3 aliphatic rings. The lowest BCUT2D eigenvalue weighted by Crippen LogP contribution is -2.35. The molecule has 33 heavy (non-hydrogen) atoms. The summed E-state index contributed by atoms with van der Waals surface area (Å²) in [6.07, 6.45) is 11.5. The number of likely N-dealkylation sites (N-methyl/N-ethyl adjacent to an activating group) is 1. The quantitative estimate of drug-likeness (QED) is 0.605. The highest BCUT2D eigenvalue weighted by Gasteiger charge is 2.36. The van der Waals surface area contributed by atoms with Gasteiger partial charge >= 0.3 is 0 Å². The van der Waals surface area contributed by atoms with Crippen molar-refractivity contribution in [3.63, 3.8) is 0 Å². The van der Waals surface area contributed by atoms with Crippen LogP contribution in [0.25, 0.3) is 5.57 Å². The summed E-state index contributed by atoms with van der Waals surface area (Å²) in [4.78, 5) is 4.38. The first-order chi connectivity index (χ1) is 15.9. The maximum atomic E-state index is 4.36. The second-order valence-corrected chi connectivity index (χ2v) is 9.20. The van der Waals surface area contributed by atoms with Gasteiger partial charge in [0.05, 0.1) is 11.4 Å². The van der Waals surface area contributed by atoms with E-state index in [4.69, 9.17) is 0 Å². The zero-order valence-electron chi connectivity index (χ0n) is 20.2. The van der Waals surface area contributed by atoms with E-state index in [-0.39, 0.29) is 0 Å². The average Bonchev–Trinajstić information content (AvgIpc) is 3.49. The summed E-state index contributed by atoms with van der Waals surface area (Å²) in [7, 11) is 4.20. The topological polar surface area (TPSA) is 42.9 Å². The van der Waals surface area contributed by atoms with Crippen molar-refractivity contribution >= 4 is 11.8 Å². The van der Waals surface area contributed by atoms with E-state index in [0.29, 0.717) is 18.0 Å². The number of hydrazone groups is 1. The molecule has 0 saturated carbocycles. The summed E-state index contributed by atoms with van der Waals surface area (Å²) in [6, 6.07) is 11.3. The van der Waals surface area contributed by atoms with Crippen molar-refractivity contribution < 1.29 is 0 Å². The maximum Gasteiger partial charge on any atom is 0.0617 e. The van der Waals surface area contributed by atoms with Gasteiger partial charge < -0.3 is 20.5 Å². The number of rotatable bonds is 7. The number of allylic oxidation sites excluding steroid dienone is 5. The molecule has 0 aliphatic carbocycles. The van der Waals surface area contributed by atoms with Crippen LogP contribution in [0.4, 0.5) is 0 Å². The molecular formula is C28H35N5. The minimum absolute atomic E-state index is 0.299. The molecule has 0 bridgehead atoms. The first-order valence-corrected chi connectivity index (χ1v) is 11.6. The van der Waals surface area contributed by atoms with E-state index in [2.05, 4.69) is 116 Å². The van der Waals surface area contributed by atoms with E-state index in [1.807, 2.05) is 12.3 Å². The van der Waals surface area contributed by atoms with Crippen LogP contribution in [-0.4, -0.2) is 48.7 Å². The molecule has 172 valence electrons. The lowest BCUT2D eigenvalue weighted by molar-refractivity contribution is 0.377. The van der Waals surface area contributed by atoms with Crippen LogP contribution in [0.2, 0.25) is 0 Å². The Labute approximate surface area is 198 Å². The minimum atomic E-state index is 0.299. The second-order valence-electron chi connectivity index (χ2n) is 9.20. The third-order valence-corrected chi connectivity index (χ3v) is 6.72. The lowest BCUT2D eigenvalue weighted by Gasteiger charge is -2.30. The van der Waals surface area contributed by atoms with Crippen molar-refractivity contribution in [2.75, 3.05) is 20.6 Å². The zero-order chi connectivity index (χ0) is 23.5. The van der Waals surface area contributed by atoms with Gasteiger partial charge in [-0.2, -0.15) is 5.10 Å². The Morgan fingerprint density at radius 1 is 1.24 bits per heavy atom. The number of benzene rings is 1. The fourth-order valence-electron chi connectivity index (χ4n) is 4.48. The van der Waals surface area contributed by atoms with E-state index >= 15 is 0 Å². The maximum absolute atomic E-state index is 4.36. The first-order valence-electron chi connectivity index (χ1n) is 11.6. The SMILES string of the molecule is C=C/C=C(C1=CN(C)C(=C)C2=C1CC(C1C=NNC1)N2)\C(=C/N(C)C(C)C)c1ccccc1. The highest BCUT2D eigenvalue weighted by atomic mass is 15.3. The number of hydrogen-bond donors (Lipinski definition) is 2. The van der Waals surface area contributed by atoms with Gasteiger partial charge in [-0.15, -0.1) is 0 Å². The van der Waals surface area contributed by atoms with Crippen molar-refractivity contribution in [2.45, 2.75) is 32.4 Å². The summed E-state index contributed by atoms with van der Waals surface area (Å²) in [6.45, 7) is 13.7. The van der Waals surface area contributed by atoms with E-state index < -0.39 is 0 Å². The van der Waals surface area contributed by atoms with Crippen LogP contribution in [0.1, 0.15) is 25.8 Å². The molecule has 2 N–H and O–H groups in total. The number of hydrogen-bond acceptors (Lipinski definition) is 5. The highest BCUT2D eigenvalue weighted by molar-refractivity contribution is 5.86. The summed E-state index contributed by atoms with van der Waals surface area (Å²) < 4.78 is 0. The Morgan fingerprint density at radius 2 is 2.00 bits per heavy atom. The molecule has 1 aromatic carbocycles. The van der Waals surface area contributed by atoms with Crippen molar-refractivity contribution in [1.29, 1.82) is 0 Å². The zero-order valence-corrected chi connectivity index (χ0v) is 20.2. The van der Waals surface area contributed by atoms with Gasteiger partial charge in [-0.25, -0.2) is 0 Å². The van der Waals surface area contributed by atoms with Crippen LogP contribution >= 0.6 is 0 Å². The van der Waals surface area contributed by atoms with Crippen molar-refractivity contribution in [3.05, 3.63) is 102 Å². The normalized spacial score (nSPS) is 22.9. The molecule has 0 aromatic heterocycles. The van der Waals surface area contributed by atoms with Gasteiger partial charge in [-0.1, -0.05) is 55.6 Å². The third kappa shape index (κ3) is 4.54. The molecule has 0 fully saturated rings. The van der Waals surface area contributed by atoms with Crippen LogP contribution in [0.15, 0.2) is 101 Å². The minimum Gasteiger partial charge on any atom is -0.379 e. The third-order valence-electron chi connectivity index (χ3n) is 6.72. The smallest absolute Gasteiger partial charge is 0.0617 e. The summed E-state index contributed by atoms with van der Waals surface area (Å²) in [5, 5.41) is 8.00. The molecule has 2 unspecified atom stereocenters. The molecular weight excluding hydrogens is 406 g/mol. The van der Waals surface area contributed by atoms with Gasteiger partial charge in [0.2, 0.25) is 0 Å². The lowest BCUT2D eigenvalue weighted by atomic mass is 9.84. The van der Waals surface area contributed by atoms with E-state index in [1.54, 1.807) is 0 Å². The molecule has 0 amide bonds. The fraction of sp³-hybridized carbons (Fsp3) is 0.321. The van der Waals surface area contributed by atoms with Crippen LogP contribution in [0, 0.1) is 5.92 Å². The molecule has 5 nitrogen and oxygen atoms in total. The molecule has 3 heterocycles. The van der Waals surface area contributed by atoms with Gasteiger partial charge in [0.1, 0.15) is 0 Å².